The number of aryl methyl sites for hydroxylation is 1. The zero-order valence-electron chi connectivity index (χ0n) is 15.2. The second-order valence-electron chi connectivity index (χ2n) is 7.58. The Balaban J connectivity index is 1.48. The van der Waals surface area contributed by atoms with Crippen LogP contribution in [0.15, 0.2) is 30.9 Å². The quantitative estimate of drug-likeness (QED) is 0.850. The molecule has 0 spiro atoms. The van der Waals surface area contributed by atoms with Crippen molar-refractivity contribution >= 4 is 11.8 Å². The van der Waals surface area contributed by atoms with Gasteiger partial charge in [0.05, 0.1) is 6.20 Å². The van der Waals surface area contributed by atoms with Gasteiger partial charge in [0.2, 0.25) is 0 Å². The number of nitrogens with one attached hydrogen (secondary N) is 2. The second kappa shape index (κ2) is 6.68. The highest BCUT2D eigenvalue weighted by molar-refractivity contribution is 5.93. The van der Waals surface area contributed by atoms with Gasteiger partial charge < -0.3 is 10.6 Å². The molecule has 2 aromatic rings. The largest absolute Gasteiger partial charge is 0.345 e. The molecule has 2 bridgehead atoms. The van der Waals surface area contributed by atoms with Crippen molar-refractivity contribution in [3.05, 3.63) is 48.1 Å². The van der Waals surface area contributed by atoms with Crippen LogP contribution in [0.4, 0.5) is 0 Å². The summed E-state index contributed by atoms with van der Waals surface area (Å²) in [7, 11) is 0. The van der Waals surface area contributed by atoms with Crippen molar-refractivity contribution in [1.82, 2.24) is 30.6 Å². The zero-order chi connectivity index (χ0) is 18.9. The normalized spacial score (nSPS) is 26.4. The van der Waals surface area contributed by atoms with Crippen molar-refractivity contribution in [2.24, 2.45) is 0 Å². The van der Waals surface area contributed by atoms with Crippen LogP contribution < -0.4 is 10.6 Å². The van der Waals surface area contributed by atoms with Crippen LogP contribution in [0.25, 0.3) is 0 Å². The summed E-state index contributed by atoms with van der Waals surface area (Å²) < 4.78 is 0. The average Bonchev–Trinajstić information content (AvgIpc) is 2.92. The molecule has 27 heavy (non-hydrogen) atoms. The van der Waals surface area contributed by atoms with E-state index in [1.165, 1.54) is 12.4 Å². The van der Waals surface area contributed by atoms with Crippen LogP contribution in [0.3, 0.4) is 0 Å². The molecule has 2 aliphatic rings. The Morgan fingerprint density at radius 1 is 0.926 bits per heavy atom. The van der Waals surface area contributed by atoms with Crippen LogP contribution >= 0.6 is 0 Å². The van der Waals surface area contributed by atoms with E-state index in [2.05, 4.69) is 30.6 Å². The predicted molar refractivity (Wildman–Crippen MR) is 96.9 cm³/mol. The Bertz CT molecular complexity index is 874. The lowest BCUT2D eigenvalue weighted by Crippen LogP contribution is -2.55. The molecule has 8 heteroatoms. The minimum atomic E-state index is -0.304. The van der Waals surface area contributed by atoms with E-state index in [9.17, 15) is 9.59 Å². The van der Waals surface area contributed by atoms with Crippen LogP contribution in [0.2, 0.25) is 0 Å². The summed E-state index contributed by atoms with van der Waals surface area (Å²) in [5.41, 5.74) is 0.0879. The molecule has 2 amide bonds. The molecule has 0 saturated heterocycles. The van der Waals surface area contributed by atoms with Crippen LogP contribution in [-0.4, -0.2) is 42.8 Å². The number of hydrogen-bond donors (Lipinski definition) is 2. The summed E-state index contributed by atoms with van der Waals surface area (Å²) >= 11 is 0. The first-order valence-electron chi connectivity index (χ1n) is 9.20. The first-order valence-corrected chi connectivity index (χ1v) is 9.20. The molecular formula is C19H22N6O2. The Morgan fingerprint density at radius 2 is 1.63 bits per heavy atom. The Kier molecular flexibility index (Phi) is 4.33. The molecular weight excluding hydrogens is 344 g/mol. The SMILES string of the molecule is Cc1nccc(C(=O)NC23CCCC(NC(=O)c4cnccn4)(CC2)C3)n1. The van der Waals surface area contributed by atoms with E-state index in [4.69, 9.17) is 0 Å². The van der Waals surface area contributed by atoms with Crippen LogP contribution in [0.5, 0.6) is 0 Å². The third-order valence-corrected chi connectivity index (χ3v) is 5.63. The second-order valence-corrected chi connectivity index (χ2v) is 7.58. The number of rotatable bonds is 4. The summed E-state index contributed by atoms with van der Waals surface area (Å²) in [6.07, 6.45) is 11.3. The highest BCUT2D eigenvalue weighted by Gasteiger charge is 2.52. The van der Waals surface area contributed by atoms with Crippen molar-refractivity contribution in [3.63, 3.8) is 0 Å². The Hall–Kier alpha value is -2.90. The van der Waals surface area contributed by atoms with E-state index in [0.717, 1.165) is 38.5 Å². The summed E-state index contributed by atoms with van der Waals surface area (Å²) in [6, 6.07) is 1.62. The number of nitrogens with zero attached hydrogens (tertiary/aromatic N) is 4. The zero-order valence-corrected chi connectivity index (χ0v) is 15.2. The monoisotopic (exact) mass is 366 g/mol. The molecule has 0 aliphatic heterocycles. The smallest absolute Gasteiger partial charge is 0.271 e. The fourth-order valence-corrected chi connectivity index (χ4v) is 4.44. The molecule has 0 aromatic carbocycles. The van der Waals surface area contributed by atoms with Crippen molar-refractivity contribution in [2.45, 2.75) is 56.5 Å². The molecule has 2 aromatic heterocycles. The predicted octanol–water partition coefficient (Wildman–Crippen LogP) is 1.58. The summed E-state index contributed by atoms with van der Waals surface area (Å²) in [5, 5.41) is 6.37. The third kappa shape index (κ3) is 3.51. The molecule has 2 atom stereocenters. The highest BCUT2D eigenvalue weighted by atomic mass is 16.2. The van der Waals surface area contributed by atoms with Gasteiger partial charge in [-0.25, -0.2) is 15.0 Å². The van der Waals surface area contributed by atoms with Crippen molar-refractivity contribution in [2.75, 3.05) is 0 Å². The molecule has 140 valence electrons. The Labute approximate surface area is 157 Å². The van der Waals surface area contributed by atoms with Gasteiger partial charge in [-0.3, -0.25) is 14.6 Å². The van der Waals surface area contributed by atoms with E-state index in [0.29, 0.717) is 17.2 Å². The summed E-state index contributed by atoms with van der Waals surface area (Å²) in [6.45, 7) is 1.76. The lowest BCUT2D eigenvalue weighted by atomic mass is 9.78. The first-order chi connectivity index (χ1) is 13.0. The minimum absolute atomic E-state index is 0.182. The molecule has 2 N–H and O–H groups in total. The minimum Gasteiger partial charge on any atom is -0.345 e. The molecule has 2 saturated carbocycles. The fraction of sp³-hybridized carbons (Fsp3) is 0.474. The van der Waals surface area contributed by atoms with Crippen LogP contribution in [-0.2, 0) is 0 Å². The molecule has 4 rings (SSSR count). The number of carbonyl (C=O) groups excluding carboxylic acids is 2. The number of hydrogen-bond acceptors (Lipinski definition) is 6. The van der Waals surface area contributed by atoms with E-state index in [1.54, 1.807) is 25.4 Å². The van der Waals surface area contributed by atoms with Gasteiger partial charge in [0.15, 0.2) is 0 Å². The van der Waals surface area contributed by atoms with E-state index >= 15 is 0 Å². The van der Waals surface area contributed by atoms with Gasteiger partial charge in [0.25, 0.3) is 11.8 Å². The maximum Gasteiger partial charge on any atom is 0.271 e. The summed E-state index contributed by atoms with van der Waals surface area (Å²) in [4.78, 5) is 41.5. The molecule has 2 heterocycles. The lowest BCUT2D eigenvalue weighted by Gasteiger charge is -2.40. The maximum absolute atomic E-state index is 12.7. The number of fused-ring (bicyclic) bond motifs is 2. The van der Waals surface area contributed by atoms with Crippen LogP contribution in [0, 0.1) is 6.92 Å². The van der Waals surface area contributed by atoms with E-state index < -0.39 is 0 Å². The van der Waals surface area contributed by atoms with Crippen LogP contribution in [0.1, 0.15) is 65.3 Å². The average molecular weight is 366 g/mol. The van der Waals surface area contributed by atoms with Crippen molar-refractivity contribution in [1.29, 1.82) is 0 Å². The maximum atomic E-state index is 12.7. The molecule has 2 aliphatic carbocycles. The molecule has 2 fully saturated rings. The van der Waals surface area contributed by atoms with Gasteiger partial charge in [0.1, 0.15) is 17.2 Å². The number of amides is 2. The van der Waals surface area contributed by atoms with Gasteiger partial charge in [-0.05, 0) is 51.5 Å². The van der Waals surface area contributed by atoms with Gasteiger partial charge in [-0.15, -0.1) is 0 Å². The molecule has 8 nitrogen and oxygen atoms in total. The number of aromatic nitrogens is 4. The third-order valence-electron chi connectivity index (χ3n) is 5.63. The van der Waals surface area contributed by atoms with Gasteiger partial charge in [-0.1, -0.05) is 0 Å². The van der Waals surface area contributed by atoms with Gasteiger partial charge in [0, 0.05) is 29.7 Å². The van der Waals surface area contributed by atoms with Crippen molar-refractivity contribution < 1.29 is 9.59 Å². The summed E-state index contributed by atoms with van der Waals surface area (Å²) in [5.74, 6) is 0.179. The lowest BCUT2D eigenvalue weighted by molar-refractivity contribution is 0.0826. The van der Waals surface area contributed by atoms with Crippen molar-refractivity contribution in [3.8, 4) is 0 Å². The van der Waals surface area contributed by atoms with Gasteiger partial charge in [-0.2, -0.15) is 0 Å². The fourth-order valence-electron chi connectivity index (χ4n) is 4.44. The molecule has 2 unspecified atom stereocenters. The highest BCUT2D eigenvalue weighted by Crippen LogP contribution is 2.48. The van der Waals surface area contributed by atoms with E-state index in [1.807, 2.05) is 0 Å². The van der Waals surface area contributed by atoms with Gasteiger partial charge >= 0.3 is 0 Å². The number of carbonyl (C=O) groups is 2. The van der Waals surface area contributed by atoms with E-state index in [-0.39, 0.29) is 22.9 Å². The first kappa shape index (κ1) is 17.5. The Morgan fingerprint density at radius 3 is 2.26 bits per heavy atom. The topological polar surface area (TPSA) is 110 Å². The molecule has 0 radical (unpaired) electrons. The standard InChI is InChI=1S/C19H22N6O2/c1-13-21-8-3-14(23-13)16(26)24-18-4-2-5-19(12-18,7-6-18)25-17(27)15-11-20-9-10-22-15/h3,8-11H,2,4-7,12H2,1H3,(H,24,26)(H,25,27).